The smallest absolute Gasteiger partial charge is 0.269 e. The van der Waals surface area contributed by atoms with Crippen molar-refractivity contribution in [3.05, 3.63) is 75.5 Å². The standard InChI is InChI=1S/C19H17N3O3/c23-17-7-3-6-16-18(17)19(12-8-10-13(11-9-12)22(24)25)21-15-5-2-1-4-14(15)20-16/h1-2,4-5,8-11,19-21H,3,6-7H2. The number of nitro groups is 1. The Hall–Kier alpha value is -3.15. The lowest BCUT2D eigenvalue weighted by Crippen LogP contribution is -2.23. The number of nitro benzene ring substituents is 1. The Morgan fingerprint density at radius 1 is 1.00 bits per heavy atom. The van der Waals surface area contributed by atoms with E-state index in [9.17, 15) is 14.9 Å². The number of fused-ring (bicyclic) bond motifs is 1. The van der Waals surface area contributed by atoms with Crippen molar-refractivity contribution < 1.29 is 9.72 Å². The van der Waals surface area contributed by atoms with Crippen LogP contribution in [0, 0.1) is 10.1 Å². The third kappa shape index (κ3) is 2.76. The quantitative estimate of drug-likeness (QED) is 0.635. The maximum Gasteiger partial charge on any atom is 0.269 e. The van der Waals surface area contributed by atoms with Crippen LogP contribution >= 0.6 is 0 Å². The van der Waals surface area contributed by atoms with Gasteiger partial charge in [-0.2, -0.15) is 0 Å². The highest BCUT2D eigenvalue weighted by molar-refractivity contribution is 6.00. The molecule has 0 amide bonds. The molecule has 2 aromatic carbocycles. The molecular formula is C19H17N3O3. The van der Waals surface area contributed by atoms with Gasteiger partial charge in [0, 0.05) is 29.8 Å². The van der Waals surface area contributed by atoms with Gasteiger partial charge in [0.05, 0.1) is 22.3 Å². The van der Waals surface area contributed by atoms with Gasteiger partial charge in [-0.1, -0.05) is 12.1 Å². The van der Waals surface area contributed by atoms with Crippen LogP contribution in [-0.4, -0.2) is 10.7 Å². The normalized spacial score (nSPS) is 19.2. The van der Waals surface area contributed by atoms with E-state index in [1.165, 1.54) is 12.1 Å². The molecule has 2 aromatic rings. The SMILES string of the molecule is O=C1CCCC2=C1C(c1ccc([N+](=O)[O-])cc1)Nc1ccccc1N2. The fraction of sp³-hybridized carbons (Fsp3) is 0.211. The average Bonchev–Trinajstić information content (AvgIpc) is 2.79. The molecule has 4 rings (SSSR count). The highest BCUT2D eigenvalue weighted by Gasteiger charge is 2.32. The van der Waals surface area contributed by atoms with Crippen LogP contribution in [0.2, 0.25) is 0 Å². The maximum absolute atomic E-state index is 12.6. The number of benzene rings is 2. The van der Waals surface area contributed by atoms with Crippen molar-refractivity contribution in [2.24, 2.45) is 0 Å². The van der Waals surface area contributed by atoms with Crippen LogP contribution in [0.3, 0.4) is 0 Å². The molecule has 126 valence electrons. The molecule has 6 heteroatoms. The second kappa shape index (κ2) is 6.05. The van der Waals surface area contributed by atoms with E-state index < -0.39 is 4.92 Å². The molecule has 6 nitrogen and oxygen atoms in total. The molecule has 1 atom stereocenters. The molecule has 2 N–H and O–H groups in total. The van der Waals surface area contributed by atoms with E-state index in [1.807, 2.05) is 24.3 Å². The van der Waals surface area contributed by atoms with Crippen LogP contribution in [0.15, 0.2) is 59.8 Å². The summed E-state index contributed by atoms with van der Waals surface area (Å²) in [4.78, 5) is 23.1. The molecule has 0 saturated carbocycles. The summed E-state index contributed by atoms with van der Waals surface area (Å²) in [5.41, 5.74) is 4.41. The monoisotopic (exact) mass is 335 g/mol. The first kappa shape index (κ1) is 15.4. The zero-order chi connectivity index (χ0) is 17.4. The fourth-order valence-electron chi connectivity index (χ4n) is 3.48. The third-order valence-electron chi connectivity index (χ3n) is 4.69. The number of hydrogen-bond acceptors (Lipinski definition) is 5. The number of rotatable bonds is 2. The van der Waals surface area contributed by atoms with Crippen LogP contribution in [0.25, 0.3) is 0 Å². The number of ketones is 1. The lowest BCUT2D eigenvalue weighted by Gasteiger charge is -2.25. The van der Waals surface area contributed by atoms with Gasteiger partial charge in [0.2, 0.25) is 0 Å². The van der Waals surface area contributed by atoms with Crippen LogP contribution in [0.1, 0.15) is 30.9 Å². The van der Waals surface area contributed by atoms with E-state index in [2.05, 4.69) is 10.6 Å². The van der Waals surface area contributed by atoms with Gasteiger partial charge in [-0.3, -0.25) is 14.9 Å². The molecule has 0 spiro atoms. The van der Waals surface area contributed by atoms with Crippen LogP contribution in [0.5, 0.6) is 0 Å². The van der Waals surface area contributed by atoms with E-state index >= 15 is 0 Å². The van der Waals surface area contributed by atoms with Crippen molar-refractivity contribution in [3.63, 3.8) is 0 Å². The predicted octanol–water partition coefficient (Wildman–Crippen LogP) is 4.18. The first-order chi connectivity index (χ1) is 12.1. The lowest BCUT2D eigenvalue weighted by atomic mass is 9.86. The van der Waals surface area contributed by atoms with Crippen LogP contribution < -0.4 is 10.6 Å². The van der Waals surface area contributed by atoms with Gasteiger partial charge in [0.25, 0.3) is 5.69 Å². The first-order valence-corrected chi connectivity index (χ1v) is 8.26. The number of hydrogen-bond donors (Lipinski definition) is 2. The van der Waals surface area contributed by atoms with Crippen molar-refractivity contribution in [1.29, 1.82) is 0 Å². The number of para-hydroxylation sites is 2. The molecule has 0 radical (unpaired) electrons. The summed E-state index contributed by atoms with van der Waals surface area (Å²) in [6, 6.07) is 13.9. The maximum atomic E-state index is 12.6. The second-order valence-corrected chi connectivity index (χ2v) is 6.27. The molecule has 0 fully saturated rings. The van der Waals surface area contributed by atoms with E-state index in [1.54, 1.807) is 12.1 Å². The molecule has 0 saturated heterocycles. The fourth-order valence-corrected chi connectivity index (χ4v) is 3.48. The molecule has 1 unspecified atom stereocenters. The van der Waals surface area contributed by atoms with Crippen molar-refractivity contribution in [1.82, 2.24) is 0 Å². The Labute approximate surface area is 144 Å². The predicted molar refractivity (Wildman–Crippen MR) is 95.4 cm³/mol. The zero-order valence-corrected chi connectivity index (χ0v) is 13.5. The summed E-state index contributed by atoms with van der Waals surface area (Å²) in [6.07, 6.45) is 2.18. The van der Waals surface area contributed by atoms with Crippen molar-refractivity contribution in [3.8, 4) is 0 Å². The van der Waals surface area contributed by atoms with E-state index in [4.69, 9.17) is 0 Å². The molecule has 0 bridgehead atoms. The van der Waals surface area contributed by atoms with Crippen molar-refractivity contribution in [2.45, 2.75) is 25.3 Å². The molecule has 25 heavy (non-hydrogen) atoms. The molecule has 0 aromatic heterocycles. The van der Waals surface area contributed by atoms with Gasteiger partial charge in [0.15, 0.2) is 5.78 Å². The summed E-state index contributed by atoms with van der Waals surface area (Å²) < 4.78 is 0. The van der Waals surface area contributed by atoms with E-state index in [-0.39, 0.29) is 17.5 Å². The Morgan fingerprint density at radius 2 is 1.72 bits per heavy atom. The number of allylic oxidation sites excluding steroid dienone is 1. The minimum absolute atomic E-state index is 0.0417. The molecular weight excluding hydrogens is 318 g/mol. The molecule has 2 aliphatic rings. The highest BCUT2D eigenvalue weighted by Crippen LogP contribution is 2.40. The Bertz CT molecular complexity index is 887. The van der Waals surface area contributed by atoms with E-state index in [0.717, 1.165) is 41.1 Å². The number of non-ortho nitro benzene ring substituents is 1. The number of nitrogens with one attached hydrogen (secondary N) is 2. The number of Topliss-reactive ketones (excluding diaryl/α,β-unsaturated/α-hetero) is 1. The number of carbonyl (C=O) groups excluding carboxylic acids is 1. The summed E-state index contributed by atoms with van der Waals surface area (Å²) in [7, 11) is 0. The third-order valence-corrected chi connectivity index (χ3v) is 4.69. The summed E-state index contributed by atoms with van der Waals surface area (Å²) >= 11 is 0. The summed E-state index contributed by atoms with van der Waals surface area (Å²) in [5, 5.41) is 17.8. The zero-order valence-electron chi connectivity index (χ0n) is 13.5. The number of carbonyl (C=O) groups is 1. The van der Waals surface area contributed by atoms with Gasteiger partial charge in [-0.05, 0) is 42.7 Å². The highest BCUT2D eigenvalue weighted by atomic mass is 16.6. The van der Waals surface area contributed by atoms with Crippen LogP contribution in [0.4, 0.5) is 17.1 Å². The molecule has 1 aliphatic heterocycles. The average molecular weight is 335 g/mol. The lowest BCUT2D eigenvalue weighted by molar-refractivity contribution is -0.384. The van der Waals surface area contributed by atoms with Gasteiger partial charge >= 0.3 is 0 Å². The van der Waals surface area contributed by atoms with Gasteiger partial charge in [-0.25, -0.2) is 0 Å². The Balaban J connectivity index is 1.82. The van der Waals surface area contributed by atoms with Crippen LogP contribution in [-0.2, 0) is 4.79 Å². The Kier molecular flexibility index (Phi) is 3.72. The molecule has 1 heterocycles. The summed E-state index contributed by atoms with van der Waals surface area (Å²) in [5.74, 6) is 0.123. The van der Waals surface area contributed by atoms with Crippen molar-refractivity contribution >= 4 is 22.8 Å². The first-order valence-electron chi connectivity index (χ1n) is 8.26. The molecule has 1 aliphatic carbocycles. The Morgan fingerprint density at radius 3 is 2.44 bits per heavy atom. The largest absolute Gasteiger partial charge is 0.372 e. The minimum atomic E-state index is -0.419. The van der Waals surface area contributed by atoms with E-state index in [0.29, 0.717) is 6.42 Å². The van der Waals surface area contributed by atoms with Crippen molar-refractivity contribution in [2.75, 3.05) is 10.6 Å². The number of anilines is 2. The van der Waals surface area contributed by atoms with Gasteiger partial charge < -0.3 is 10.6 Å². The topological polar surface area (TPSA) is 84.3 Å². The van der Waals surface area contributed by atoms with Gasteiger partial charge in [0.1, 0.15) is 0 Å². The van der Waals surface area contributed by atoms with Gasteiger partial charge in [-0.15, -0.1) is 0 Å². The minimum Gasteiger partial charge on any atom is -0.372 e. The summed E-state index contributed by atoms with van der Waals surface area (Å²) in [6.45, 7) is 0. The second-order valence-electron chi connectivity index (χ2n) is 6.27. The number of nitrogens with zero attached hydrogens (tertiary/aromatic N) is 1.